The van der Waals surface area contributed by atoms with Gasteiger partial charge in [0.15, 0.2) is 0 Å². The van der Waals surface area contributed by atoms with E-state index in [2.05, 4.69) is 12.2 Å². The highest BCUT2D eigenvalue weighted by Crippen LogP contribution is 2.23. The van der Waals surface area contributed by atoms with Gasteiger partial charge in [0.2, 0.25) is 0 Å². The summed E-state index contributed by atoms with van der Waals surface area (Å²) in [7, 11) is 0. The number of amides is 1. The Morgan fingerprint density at radius 2 is 1.86 bits per heavy atom. The standard InChI is InChI=1S/C17H28N2O2/c1-3-5-6-7-8-9-12-21-16-11-10-14(13-15(16)18)17(20)19-4-2/h10-11,13H,3-9,12,18H2,1-2H3,(H,19,20). The van der Waals surface area contributed by atoms with Gasteiger partial charge in [-0.05, 0) is 31.5 Å². The van der Waals surface area contributed by atoms with Gasteiger partial charge in [0.05, 0.1) is 12.3 Å². The molecule has 0 aliphatic carbocycles. The highest BCUT2D eigenvalue weighted by atomic mass is 16.5. The number of carbonyl (C=O) groups is 1. The molecule has 0 fully saturated rings. The summed E-state index contributed by atoms with van der Waals surface area (Å²) >= 11 is 0. The van der Waals surface area contributed by atoms with Crippen molar-refractivity contribution in [2.45, 2.75) is 52.4 Å². The molecular weight excluding hydrogens is 264 g/mol. The van der Waals surface area contributed by atoms with E-state index in [-0.39, 0.29) is 5.91 Å². The van der Waals surface area contributed by atoms with E-state index in [1.807, 2.05) is 6.92 Å². The predicted octanol–water partition coefficient (Wildman–Crippen LogP) is 3.76. The number of rotatable bonds is 10. The van der Waals surface area contributed by atoms with Crippen molar-refractivity contribution in [3.63, 3.8) is 0 Å². The molecule has 0 unspecified atom stereocenters. The topological polar surface area (TPSA) is 64.3 Å². The lowest BCUT2D eigenvalue weighted by atomic mass is 10.1. The van der Waals surface area contributed by atoms with Crippen molar-refractivity contribution >= 4 is 11.6 Å². The highest BCUT2D eigenvalue weighted by Gasteiger charge is 2.07. The van der Waals surface area contributed by atoms with Gasteiger partial charge in [-0.15, -0.1) is 0 Å². The Morgan fingerprint density at radius 3 is 2.52 bits per heavy atom. The molecule has 0 bridgehead atoms. The number of nitrogens with two attached hydrogens (primary N) is 1. The number of nitrogen functional groups attached to an aromatic ring is 1. The van der Waals surface area contributed by atoms with Crippen LogP contribution in [0.25, 0.3) is 0 Å². The zero-order valence-corrected chi connectivity index (χ0v) is 13.3. The minimum atomic E-state index is -0.105. The quantitative estimate of drug-likeness (QED) is 0.510. The van der Waals surface area contributed by atoms with E-state index in [1.54, 1.807) is 18.2 Å². The van der Waals surface area contributed by atoms with Gasteiger partial charge in [-0.1, -0.05) is 39.0 Å². The molecule has 0 spiro atoms. The molecule has 0 atom stereocenters. The van der Waals surface area contributed by atoms with Crippen LogP contribution < -0.4 is 15.8 Å². The van der Waals surface area contributed by atoms with Crippen LogP contribution in [-0.4, -0.2) is 19.1 Å². The van der Waals surface area contributed by atoms with Crippen molar-refractivity contribution in [3.05, 3.63) is 23.8 Å². The van der Waals surface area contributed by atoms with Gasteiger partial charge in [-0.3, -0.25) is 4.79 Å². The molecule has 118 valence electrons. The Hall–Kier alpha value is -1.71. The molecule has 0 saturated heterocycles. The average molecular weight is 292 g/mol. The molecule has 0 aromatic heterocycles. The lowest BCUT2D eigenvalue weighted by Gasteiger charge is -2.10. The van der Waals surface area contributed by atoms with Crippen LogP contribution in [-0.2, 0) is 0 Å². The Balaban J connectivity index is 2.34. The third kappa shape index (κ3) is 6.52. The largest absolute Gasteiger partial charge is 0.491 e. The third-order valence-corrected chi connectivity index (χ3v) is 3.36. The molecule has 0 aliphatic heterocycles. The maximum Gasteiger partial charge on any atom is 0.251 e. The van der Waals surface area contributed by atoms with Crippen LogP contribution in [0.2, 0.25) is 0 Å². The summed E-state index contributed by atoms with van der Waals surface area (Å²) in [4.78, 5) is 11.7. The Morgan fingerprint density at radius 1 is 1.14 bits per heavy atom. The number of ether oxygens (including phenoxy) is 1. The summed E-state index contributed by atoms with van der Waals surface area (Å²) in [5.41, 5.74) is 7.02. The first kappa shape index (κ1) is 17.3. The minimum absolute atomic E-state index is 0.105. The normalized spacial score (nSPS) is 10.4. The summed E-state index contributed by atoms with van der Waals surface area (Å²) in [6.07, 6.45) is 7.39. The van der Waals surface area contributed by atoms with Crippen LogP contribution in [0.5, 0.6) is 5.75 Å². The second kappa shape index (κ2) is 10.1. The van der Waals surface area contributed by atoms with E-state index in [0.29, 0.717) is 30.2 Å². The number of anilines is 1. The van der Waals surface area contributed by atoms with Crippen LogP contribution in [0.15, 0.2) is 18.2 Å². The summed E-state index contributed by atoms with van der Waals surface area (Å²) in [5, 5.41) is 2.75. The second-order valence-electron chi connectivity index (χ2n) is 5.23. The van der Waals surface area contributed by atoms with Gasteiger partial charge in [0.25, 0.3) is 5.91 Å². The second-order valence-corrected chi connectivity index (χ2v) is 5.23. The van der Waals surface area contributed by atoms with E-state index in [0.717, 1.165) is 6.42 Å². The van der Waals surface area contributed by atoms with E-state index in [1.165, 1.54) is 32.1 Å². The fraction of sp³-hybridized carbons (Fsp3) is 0.588. The maximum absolute atomic E-state index is 11.7. The first-order valence-electron chi connectivity index (χ1n) is 7.99. The SMILES string of the molecule is CCCCCCCCOc1ccc(C(=O)NCC)cc1N. The van der Waals surface area contributed by atoms with Gasteiger partial charge >= 0.3 is 0 Å². The lowest BCUT2D eigenvalue weighted by Crippen LogP contribution is -2.22. The van der Waals surface area contributed by atoms with Gasteiger partial charge in [-0.25, -0.2) is 0 Å². The van der Waals surface area contributed by atoms with Gasteiger partial charge < -0.3 is 15.8 Å². The zero-order valence-electron chi connectivity index (χ0n) is 13.3. The van der Waals surface area contributed by atoms with Crippen molar-refractivity contribution < 1.29 is 9.53 Å². The third-order valence-electron chi connectivity index (χ3n) is 3.36. The maximum atomic E-state index is 11.7. The summed E-state index contributed by atoms with van der Waals surface area (Å²) in [6.45, 7) is 5.39. The summed E-state index contributed by atoms with van der Waals surface area (Å²) < 4.78 is 5.68. The molecule has 1 amide bonds. The van der Waals surface area contributed by atoms with Crippen molar-refractivity contribution in [2.75, 3.05) is 18.9 Å². The van der Waals surface area contributed by atoms with Crippen molar-refractivity contribution in [2.24, 2.45) is 0 Å². The fourth-order valence-electron chi connectivity index (χ4n) is 2.15. The monoisotopic (exact) mass is 292 g/mol. The minimum Gasteiger partial charge on any atom is -0.491 e. The molecule has 1 rings (SSSR count). The highest BCUT2D eigenvalue weighted by molar-refractivity contribution is 5.95. The molecule has 1 aromatic carbocycles. The van der Waals surface area contributed by atoms with Crippen molar-refractivity contribution in [3.8, 4) is 5.75 Å². The Labute approximate surface area is 128 Å². The number of hydrogen-bond acceptors (Lipinski definition) is 3. The molecule has 0 aliphatic rings. The van der Waals surface area contributed by atoms with Crippen LogP contribution in [0.4, 0.5) is 5.69 Å². The molecular formula is C17H28N2O2. The number of carbonyl (C=O) groups excluding carboxylic acids is 1. The average Bonchev–Trinajstić information content (AvgIpc) is 2.48. The van der Waals surface area contributed by atoms with E-state index in [4.69, 9.17) is 10.5 Å². The van der Waals surface area contributed by atoms with Crippen LogP contribution in [0, 0.1) is 0 Å². The molecule has 4 nitrogen and oxygen atoms in total. The first-order valence-corrected chi connectivity index (χ1v) is 7.99. The molecule has 1 aromatic rings. The van der Waals surface area contributed by atoms with Crippen molar-refractivity contribution in [1.82, 2.24) is 5.32 Å². The van der Waals surface area contributed by atoms with Crippen LogP contribution in [0.3, 0.4) is 0 Å². The molecule has 0 saturated carbocycles. The van der Waals surface area contributed by atoms with Crippen molar-refractivity contribution in [1.29, 1.82) is 0 Å². The van der Waals surface area contributed by atoms with E-state index in [9.17, 15) is 4.79 Å². The first-order chi connectivity index (χ1) is 10.2. The number of unbranched alkanes of at least 4 members (excludes halogenated alkanes) is 5. The van der Waals surface area contributed by atoms with Gasteiger partial charge in [-0.2, -0.15) is 0 Å². The van der Waals surface area contributed by atoms with Crippen LogP contribution in [0.1, 0.15) is 62.7 Å². The Kier molecular flexibility index (Phi) is 8.32. The molecule has 4 heteroatoms. The molecule has 0 heterocycles. The number of hydrogen-bond donors (Lipinski definition) is 2. The van der Waals surface area contributed by atoms with Gasteiger partial charge in [0.1, 0.15) is 5.75 Å². The smallest absolute Gasteiger partial charge is 0.251 e. The number of benzene rings is 1. The summed E-state index contributed by atoms with van der Waals surface area (Å²) in [5.74, 6) is 0.559. The van der Waals surface area contributed by atoms with E-state index >= 15 is 0 Å². The van der Waals surface area contributed by atoms with E-state index < -0.39 is 0 Å². The molecule has 0 radical (unpaired) electrons. The zero-order chi connectivity index (χ0) is 15.5. The Bertz CT molecular complexity index is 433. The molecule has 3 N–H and O–H groups in total. The molecule has 21 heavy (non-hydrogen) atoms. The van der Waals surface area contributed by atoms with Crippen LogP contribution >= 0.6 is 0 Å². The lowest BCUT2D eigenvalue weighted by molar-refractivity contribution is 0.0956. The predicted molar refractivity (Wildman–Crippen MR) is 87.7 cm³/mol. The summed E-state index contributed by atoms with van der Waals surface area (Å²) in [6, 6.07) is 5.19. The number of nitrogens with one attached hydrogen (secondary N) is 1. The van der Waals surface area contributed by atoms with Gasteiger partial charge in [0, 0.05) is 12.1 Å². The fourth-order valence-corrected chi connectivity index (χ4v) is 2.15.